The molecule has 106 valence electrons. The lowest BCUT2D eigenvalue weighted by Gasteiger charge is -2.11. The molecule has 2 aromatic rings. The van der Waals surface area contributed by atoms with E-state index in [1.54, 1.807) is 60.9 Å². The van der Waals surface area contributed by atoms with Crippen LogP contribution in [-0.4, -0.2) is 0 Å². The van der Waals surface area contributed by atoms with Crippen molar-refractivity contribution < 1.29 is 9.15 Å². The first-order valence-electron chi connectivity index (χ1n) is 6.24. The van der Waals surface area contributed by atoms with E-state index in [1.165, 1.54) is 0 Å². The molecule has 0 aliphatic carbocycles. The number of hydrogen-bond acceptors (Lipinski definition) is 6. The summed E-state index contributed by atoms with van der Waals surface area (Å²) < 4.78 is 10.8. The quantitative estimate of drug-likeness (QED) is 0.848. The van der Waals surface area contributed by atoms with Gasteiger partial charge in [-0.05, 0) is 24.3 Å². The predicted octanol–water partition coefficient (Wildman–Crippen LogP) is 3.10. The van der Waals surface area contributed by atoms with Gasteiger partial charge in [0.2, 0.25) is 0 Å². The van der Waals surface area contributed by atoms with Gasteiger partial charge in [0.1, 0.15) is 42.0 Å². The van der Waals surface area contributed by atoms with E-state index in [-0.39, 0.29) is 17.9 Å². The summed E-state index contributed by atoms with van der Waals surface area (Å²) in [6, 6.07) is 15.6. The molecule has 0 spiro atoms. The number of anilines is 1. The SMILES string of the molecule is N#CC(C#N)=C(C#N)Nc1ccccc1OCc1ccco1. The normalized spacial score (nSPS) is 8.95. The van der Waals surface area contributed by atoms with E-state index in [0.29, 0.717) is 17.2 Å². The lowest BCUT2D eigenvalue weighted by molar-refractivity contribution is 0.271. The molecule has 2 rings (SSSR count). The molecule has 1 N–H and O–H groups in total. The van der Waals surface area contributed by atoms with Gasteiger partial charge in [-0.1, -0.05) is 12.1 Å². The Morgan fingerprint density at radius 2 is 1.82 bits per heavy atom. The zero-order chi connectivity index (χ0) is 15.8. The average molecular weight is 290 g/mol. The van der Waals surface area contributed by atoms with Crippen LogP contribution < -0.4 is 10.1 Å². The van der Waals surface area contributed by atoms with E-state index in [4.69, 9.17) is 24.9 Å². The van der Waals surface area contributed by atoms with Gasteiger partial charge in [0.25, 0.3) is 0 Å². The Labute approximate surface area is 127 Å². The Balaban J connectivity index is 2.22. The molecular formula is C16H10N4O2. The van der Waals surface area contributed by atoms with Crippen molar-refractivity contribution >= 4 is 5.69 Å². The molecule has 1 heterocycles. The Kier molecular flexibility index (Phi) is 4.81. The maximum Gasteiger partial charge on any atom is 0.163 e. The molecule has 0 aliphatic heterocycles. The second-order valence-electron chi connectivity index (χ2n) is 4.07. The minimum atomic E-state index is -0.289. The number of hydrogen-bond donors (Lipinski definition) is 1. The van der Waals surface area contributed by atoms with Crippen LogP contribution in [0.3, 0.4) is 0 Å². The molecule has 0 radical (unpaired) electrons. The summed E-state index contributed by atoms with van der Waals surface area (Å²) in [7, 11) is 0. The van der Waals surface area contributed by atoms with Crippen LogP contribution in [0.5, 0.6) is 5.75 Å². The third-order valence-electron chi connectivity index (χ3n) is 2.68. The first-order chi connectivity index (χ1) is 10.8. The maximum atomic E-state index is 9.06. The number of nitriles is 3. The Morgan fingerprint density at radius 3 is 2.45 bits per heavy atom. The van der Waals surface area contributed by atoms with Gasteiger partial charge in [0.15, 0.2) is 5.57 Å². The van der Waals surface area contributed by atoms with E-state index >= 15 is 0 Å². The number of allylic oxidation sites excluding steroid dienone is 2. The number of nitrogens with zero attached hydrogens (tertiary/aromatic N) is 3. The van der Waals surface area contributed by atoms with Gasteiger partial charge in [-0.3, -0.25) is 0 Å². The highest BCUT2D eigenvalue weighted by molar-refractivity contribution is 5.64. The minimum absolute atomic E-state index is 0.126. The number of nitrogens with one attached hydrogen (secondary N) is 1. The molecule has 0 fully saturated rings. The highest BCUT2D eigenvalue weighted by Gasteiger charge is 2.10. The first-order valence-corrected chi connectivity index (χ1v) is 6.24. The number of rotatable bonds is 5. The molecule has 6 nitrogen and oxygen atoms in total. The Hall–Kier alpha value is -3.69. The molecule has 1 aromatic carbocycles. The zero-order valence-electron chi connectivity index (χ0n) is 11.4. The Morgan fingerprint density at radius 1 is 1.05 bits per heavy atom. The van der Waals surface area contributed by atoms with E-state index in [0.717, 1.165) is 0 Å². The van der Waals surface area contributed by atoms with Gasteiger partial charge in [0.05, 0.1) is 12.0 Å². The molecule has 0 bridgehead atoms. The van der Waals surface area contributed by atoms with E-state index in [9.17, 15) is 0 Å². The summed E-state index contributed by atoms with van der Waals surface area (Å²) in [5.74, 6) is 1.13. The van der Waals surface area contributed by atoms with Crippen molar-refractivity contribution in [2.24, 2.45) is 0 Å². The summed E-state index contributed by atoms with van der Waals surface area (Å²) in [6.07, 6.45) is 1.55. The van der Waals surface area contributed by atoms with Crippen LogP contribution in [0.4, 0.5) is 5.69 Å². The van der Waals surface area contributed by atoms with Crippen LogP contribution in [0.15, 0.2) is 58.3 Å². The molecule has 0 atom stereocenters. The van der Waals surface area contributed by atoms with Gasteiger partial charge < -0.3 is 14.5 Å². The van der Waals surface area contributed by atoms with E-state index in [1.807, 2.05) is 0 Å². The van der Waals surface area contributed by atoms with Crippen molar-refractivity contribution in [2.75, 3.05) is 5.32 Å². The fraction of sp³-hybridized carbons (Fsp3) is 0.0625. The van der Waals surface area contributed by atoms with E-state index in [2.05, 4.69) is 5.32 Å². The largest absolute Gasteiger partial charge is 0.483 e. The smallest absolute Gasteiger partial charge is 0.163 e. The van der Waals surface area contributed by atoms with Crippen molar-refractivity contribution in [1.82, 2.24) is 0 Å². The number of benzene rings is 1. The molecule has 0 saturated heterocycles. The molecule has 1 aromatic heterocycles. The molecular weight excluding hydrogens is 280 g/mol. The highest BCUT2D eigenvalue weighted by Crippen LogP contribution is 2.26. The molecule has 0 aliphatic rings. The second-order valence-corrected chi connectivity index (χ2v) is 4.07. The molecule has 0 amide bonds. The third-order valence-corrected chi connectivity index (χ3v) is 2.68. The summed E-state index contributed by atoms with van der Waals surface area (Å²) in [6.45, 7) is 0.223. The van der Waals surface area contributed by atoms with Crippen molar-refractivity contribution in [3.63, 3.8) is 0 Å². The van der Waals surface area contributed by atoms with Gasteiger partial charge in [-0.25, -0.2) is 0 Å². The van der Waals surface area contributed by atoms with Crippen molar-refractivity contribution in [3.8, 4) is 24.0 Å². The van der Waals surface area contributed by atoms with Gasteiger partial charge >= 0.3 is 0 Å². The zero-order valence-corrected chi connectivity index (χ0v) is 11.4. The van der Waals surface area contributed by atoms with Gasteiger partial charge in [-0.2, -0.15) is 15.8 Å². The van der Waals surface area contributed by atoms with Crippen LogP contribution in [0, 0.1) is 34.0 Å². The van der Waals surface area contributed by atoms with Crippen molar-refractivity contribution in [3.05, 3.63) is 59.7 Å². The van der Waals surface area contributed by atoms with Gasteiger partial charge in [-0.15, -0.1) is 0 Å². The number of ether oxygens (including phenoxy) is 1. The first kappa shape index (κ1) is 14.7. The number of para-hydroxylation sites is 2. The van der Waals surface area contributed by atoms with E-state index < -0.39 is 0 Å². The fourth-order valence-corrected chi connectivity index (χ4v) is 1.66. The summed E-state index contributed by atoms with van der Waals surface area (Å²) in [4.78, 5) is 0. The minimum Gasteiger partial charge on any atom is -0.483 e. The average Bonchev–Trinajstić information content (AvgIpc) is 3.07. The second kappa shape index (κ2) is 7.19. The van der Waals surface area contributed by atoms with Crippen molar-refractivity contribution in [2.45, 2.75) is 6.61 Å². The monoisotopic (exact) mass is 290 g/mol. The third kappa shape index (κ3) is 3.45. The van der Waals surface area contributed by atoms with Gasteiger partial charge in [0, 0.05) is 0 Å². The fourth-order valence-electron chi connectivity index (χ4n) is 1.66. The maximum absolute atomic E-state index is 9.06. The predicted molar refractivity (Wildman–Crippen MR) is 77.0 cm³/mol. The Bertz CT molecular complexity index is 786. The summed E-state index contributed by atoms with van der Waals surface area (Å²) in [5, 5.41) is 29.5. The molecule has 22 heavy (non-hydrogen) atoms. The van der Waals surface area contributed by atoms with Crippen LogP contribution in [-0.2, 0) is 6.61 Å². The molecule has 0 saturated carbocycles. The topological polar surface area (TPSA) is 106 Å². The highest BCUT2D eigenvalue weighted by atomic mass is 16.5. The summed E-state index contributed by atoms with van der Waals surface area (Å²) >= 11 is 0. The van der Waals surface area contributed by atoms with Crippen LogP contribution in [0.1, 0.15) is 5.76 Å². The standard InChI is InChI=1S/C16H10N4O2/c17-8-12(9-18)15(10-19)20-14-5-1-2-6-16(14)22-11-13-4-3-7-21-13/h1-7,20H,11H2. The van der Waals surface area contributed by atoms with Crippen LogP contribution in [0.25, 0.3) is 0 Å². The van der Waals surface area contributed by atoms with Crippen molar-refractivity contribution in [1.29, 1.82) is 15.8 Å². The van der Waals surface area contributed by atoms with Crippen LogP contribution >= 0.6 is 0 Å². The number of furan rings is 1. The lowest BCUT2D eigenvalue weighted by Crippen LogP contribution is -2.03. The lowest BCUT2D eigenvalue weighted by atomic mass is 10.2. The summed E-state index contributed by atoms with van der Waals surface area (Å²) in [5.41, 5.74) is 0.0657. The molecule has 0 unspecified atom stereocenters. The molecule has 6 heteroatoms. The van der Waals surface area contributed by atoms with Crippen LogP contribution in [0.2, 0.25) is 0 Å².